The molecule has 0 bridgehead atoms. The fourth-order valence-corrected chi connectivity index (χ4v) is 1.99. The Morgan fingerprint density at radius 1 is 1.60 bits per heavy atom. The van der Waals surface area contributed by atoms with Crippen LogP contribution in [-0.4, -0.2) is 11.7 Å². The number of halogens is 2. The Hall–Kier alpha value is -0.510. The van der Waals surface area contributed by atoms with Crippen molar-refractivity contribution in [2.45, 2.75) is 13.5 Å². The smallest absolute Gasteiger partial charge is 0.123 e. The fraction of sp³-hybridized carbons (Fsp3) is 0.273. The number of phenolic OH excluding ortho intramolecular Hbond substituents is 1. The molecule has 0 atom stereocenters. The second-order valence-corrected chi connectivity index (χ2v) is 4.80. The number of aromatic hydroxyl groups is 1. The van der Waals surface area contributed by atoms with Crippen LogP contribution in [0, 0.1) is 6.92 Å². The monoisotopic (exact) mass is 289 g/mol. The zero-order chi connectivity index (χ0) is 11.4. The van der Waals surface area contributed by atoms with E-state index in [9.17, 15) is 5.11 Å². The van der Waals surface area contributed by atoms with Crippen molar-refractivity contribution in [2.24, 2.45) is 0 Å². The number of aryl methyl sites for hydroxylation is 1. The lowest BCUT2D eigenvalue weighted by Gasteiger charge is -2.09. The van der Waals surface area contributed by atoms with Gasteiger partial charge in [-0.3, -0.25) is 0 Å². The van der Waals surface area contributed by atoms with Crippen LogP contribution < -0.4 is 5.32 Å². The lowest BCUT2D eigenvalue weighted by Crippen LogP contribution is -2.14. The van der Waals surface area contributed by atoms with Crippen LogP contribution in [0.5, 0.6) is 5.75 Å². The van der Waals surface area contributed by atoms with Crippen LogP contribution in [0.2, 0.25) is 0 Å². The molecule has 4 heteroatoms. The third-order valence-electron chi connectivity index (χ3n) is 1.98. The molecule has 0 aliphatic carbocycles. The number of rotatable bonds is 4. The summed E-state index contributed by atoms with van der Waals surface area (Å²) in [4.78, 5) is 0. The highest BCUT2D eigenvalue weighted by Crippen LogP contribution is 2.26. The third kappa shape index (κ3) is 3.86. The molecule has 1 rings (SSSR count). The molecule has 0 radical (unpaired) electrons. The number of phenols is 1. The minimum absolute atomic E-state index is 0.325. The number of nitrogens with one attached hydrogen (secondary N) is 1. The van der Waals surface area contributed by atoms with Crippen LogP contribution in [0.15, 0.2) is 28.2 Å². The van der Waals surface area contributed by atoms with Gasteiger partial charge < -0.3 is 10.4 Å². The summed E-state index contributed by atoms with van der Waals surface area (Å²) < 4.78 is 0.958. The van der Waals surface area contributed by atoms with E-state index < -0.39 is 0 Å². The van der Waals surface area contributed by atoms with Gasteiger partial charge in [0.15, 0.2) is 0 Å². The topological polar surface area (TPSA) is 32.3 Å². The minimum Gasteiger partial charge on any atom is -0.507 e. The van der Waals surface area contributed by atoms with Crippen LogP contribution in [0.3, 0.4) is 0 Å². The Balaban J connectivity index is 2.72. The maximum absolute atomic E-state index is 9.77. The third-order valence-corrected chi connectivity index (χ3v) is 2.57. The first-order valence-corrected chi connectivity index (χ1v) is 5.70. The second-order valence-electron chi connectivity index (χ2n) is 3.35. The van der Waals surface area contributed by atoms with Crippen LogP contribution in [0.25, 0.3) is 0 Å². The molecule has 2 nitrogen and oxygen atoms in total. The molecular weight excluding hydrogens is 277 g/mol. The quantitative estimate of drug-likeness (QED) is 0.892. The molecule has 0 aliphatic rings. The van der Waals surface area contributed by atoms with Gasteiger partial charge in [-0.2, -0.15) is 0 Å². The van der Waals surface area contributed by atoms with Crippen LogP contribution in [0.4, 0.5) is 0 Å². The summed E-state index contributed by atoms with van der Waals surface area (Å²) in [6.07, 6.45) is 0. The molecule has 0 saturated carbocycles. The minimum atomic E-state index is 0.325. The molecule has 82 valence electrons. The highest BCUT2D eigenvalue weighted by Gasteiger charge is 2.05. The van der Waals surface area contributed by atoms with Crippen molar-refractivity contribution in [3.63, 3.8) is 0 Å². The Labute approximate surface area is 103 Å². The highest BCUT2D eigenvalue weighted by molar-refractivity contribution is 9.10. The maximum Gasteiger partial charge on any atom is 0.123 e. The molecule has 0 amide bonds. The molecule has 0 spiro atoms. The van der Waals surface area contributed by atoms with E-state index in [0.717, 1.165) is 15.6 Å². The van der Waals surface area contributed by atoms with E-state index in [0.29, 0.717) is 23.9 Å². The Bertz CT molecular complexity index is 379. The highest BCUT2D eigenvalue weighted by atomic mass is 79.9. The molecule has 15 heavy (non-hydrogen) atoms. The normalized spacial score (nSPS) is 10.3. The molecule has 0 fully saturated rings. The van der Waals surface area contributed by atoms with Crippen LogP contribution in [0.1, 0.15) is 11.1 Å². The largest absolute Gasteiger partial charge is 0.507 e. The van der Waals surface area contributed by atoms with Gasteiger partial charge >= 0.3 is 0 Å². The molecule has 1 aromatic rings. The summed E-state index contributed by atoms with van der Waals surface area (Å²) in [5.41, 5.74) is 1.70. The van der Waals surface area contributed by atoms with E-state index in [4.69, 9.17) is 11.6 Å². The van der Waals surface area contributed by atoms with E-state index in [1.54, 1.807) is 0 Å². The zero-order valence-corrected chi connectivity index (χ0v) is 10.8. The molecular formula is C11H13BrClNO. The Morgan fingerprint density at radius 2 is 2.27 bits per heavy atom. The van der Waals surface area contributed by atoms with Gasteiger partial charge in [-0.15, -0.1) is 0 Å². The fourth-order valence-electron chi connectivity index (χ4n) is 1.27. The maximum atomic E-state index is 9.77. The first kappa shape index (κ1) is 12.6. The van der Waals surface area contributed by atoms with Gasteiger partial charge in [0.1, 0.15) is 5.75 Å². The predicted molar refractivity (Wildman–Crippen MR) is 67.2 cm³/mol. The van der Waals surface area contributed by atoms with Gasteiger partial charge in [0.05, 0.1) is 0 Å². The number of hydrogen-bond donors (Lipinski definition) is 2. The van der Waals surface area contributed by atoms with E-state index in [2.05, 4.69) is 27.8 Å². The van der Waals surface area contributed by atoms with E-state index in [1.165, 1.54) is 0 Å². The zero-order valence-electron chi connectivity index (χ0n) is 8.48. The molecule has 0 aliphatic heterocycles. The molecule has 0 heterocycles. The van der Waals surface area contributed by atoms with Gasteiger partial charge in [-0.1, -0.05) is 34.1 Å². The molecule has 0 aromatic heterocycles. The van der Waals surface area contributed by atoms with Crippen molar-refractivity contribution in [3.8, 4) is 5.75 Å². The molecule has 0 unspecified atom stereocenters. The molecule has 1 aromatic carbocycles. The first-order chi connectivity index (χ1) is 7.00. The van der Waals surface area contributed by atoms with E-state index in [1.807, 2.05) is 19.1 Å². The van der Waals surface area contributed by atoms with Crippen molar-refractivity contribution in [3.05, 3.63) is 39.3 Å². The van der Waals surface area contributed by atoms with Crippen LogP contribution in [-0.2, 0) is 6.54 Å². The van der Waals surface area contributed by atoms with Gasteiger partial charge in [0.25, 0.3) is 0 Å². The molecule has 0 saturated heterocycles. The van der Waals surface area contributed by atoms with Crippen molar-refractivity contribution < 1.29 is 5.11 Å². The van der Waals surface area contributed by atoms with Gasteiger partial charge in [0.2, 0.25) is 0 Å². The van der Waals surface area contributed by atoms with Gasteiger partial charge in [0, 0.05) is 28.2 Å². The Morgan fingerprint density at radius 3 is 2.87 bits per heavy atom. The average molecular weight is 291 g/mol. The second kappa shape index (κ2) is 5.54. The number of hydrogen-bond acceptors (Lipinski definition) is 2. The van der Waals surface area contributed by atoms with Crippen molar-refractivity contribution in [1.82, 2.24) is 5.32 Å². The molecule has 2 N–H and O–H groups in total. The van der Waals surface area contributed by atoms with E-state index in [-0.39, 0.29) is 0 Å². The average Bonchev–Trinajstić information content (AvgIpc) is 2.12. The summed E-state index contributed by atoms with van der Waals surface area (Å²) in [7, 11) is 0. The predicted octanol–water partition coefficient (Wildman–Crippen LogP) is 3.31. The lowest BCUT2D eigenvalue weighted by atomic mass is 10.1. The van der Waals surface area contributed by atoms with Crippen molar-refractivity contribution in [2.75, 3.05) is 6.54 Å². The van der Waals surface area contributed by atoms with E-state index >= 15 is 0 Å². The first-order valence-electron chi connectivity index (χ1n) is 4.52. The summed E-state index contributed by atoms with van der Waals surface area (Å²) >= 11 is 9.00. The standard InChI is InChI=1S/C11H13BrClNO/c1-7-3-10(12)4-9(11(7)15)6-14-5-8(2)13/h3-4,14-15H,2,5-6H2,1H3. The summed E-state index contributed by atoms with van der Waals surface area (Å²) in [6, 6.07) is 3.76. The lowest BCUT2D eigenvalue weighted by molar-refractivity contribution is 0.461. The van der Waals surface area contributed by atoms with Crippen molar-refractivity contribution >= 4 is 27.5 Å². The number of benzene rings is 1. The summed E-state index contributed by atoms with van der Waals surface area (Å²) in [5.74, 6) is 0.325. The summed E-state index contributed by atoms with van der Waals surface area (Å²) in [5, 5.41) is 13.4. The van der Waals surface area contributed by atoms with Gasteiger partial charge in [-0.25, -0.2) is 0 Å². The summed E-state index contributed by atoms with van der Waals surface area (Å²) in [6.45, 7) is 6.54. The SMILES string of the molecule is C=C(Cl)CNCc1cc(Br)cc(C)c1O. The Kier molecular flexibility index (Phi) is 4.64. The van der Waals surface area contributed by atoms with Gasteiger partial charge in [-0.05, 0) is 24.6 Å². The van der Waals surface area contributed by atoms with Crippen LogP contribution >= 0.6 is 27.5 Å². The van der Waals surface area contributed by atoms with Crippen molar-refractivity contribution in [1.29, 1.82) is 0 Å².